The average Bonchev–Trinajstić information content (AvgIpc) is 3.71. The summed E-state index contributed by atoms with van der Waals surface area (Å²) in [5.41, 5.74) is 1.68. The number of nitrogens with zero attached hydrogens (tertiary/aromatic N) is 3. The van der Waals surface area contributed by atoms with Crippen LogP contribution in [0.15, 0.2) is 94.0 Å². The smallest absolute Gasteiger partial charge is 0.139 e. The number of pyridine rings is 3. The van der Waals surface area contributed by atoms with Crippen molar-refractivity contribution in [2.75, 3.05) is 0 Å². The third-order valence-corrected chi connectivity index (χ3v) is 9.82. The first kappa shape index (κ1) is 20.7. The Kier molecular flexibility index (Phi) is 5.58. The largest absolute Gasteiger partial charge is 0.501 e. The Labute approximate surface area is 306 Å². The quantitative estimate of drug-likeness (QED) is 0.131. The third kappa shape index (κ3) is 6.07. The predicted octanol–water partition coefficient (Wildman–Crippen LogP) is 10.1. The summed E-state index contributed by atoms with van der Waals surface area (Å²) in [5, 5.41) is 2.81. The minimum atomic E-state index is -2.78. The molecular formula is C40H35IrN3O2Si-2. The monoisotopic (exact) mass is 822 g/mol. The molecule has 0 saturated heterocycles. The topological polar surface area (TPSA) is 65.0 Å². The van der Waals surface area contributed by atoms with Crippen LogP contribution in [0.5, 0.6) is 0 Å². The molecule has 8 aromatic rings. The van der Waals surface area contributed by atoms with Gasteiger partial charge in [-0.05, 0) is 61.7 Å². The zero-order valence-corrected chi connectivity index (χ0v) is 29.0. The Balaban J connectivity index is 0.000000289. The summed E-state index contributed by atoms with van der Waals surface area (Å²) in [6.07, 6.45) is 3.03. The van der Waals surface area contributed by atoms with Crippen molar-refractivity contribution in [2.24, 2.45) is 0 Å². The van der Waals surface area contributed by atoms with E-state index in [1.54, 1.807) is 24.3 Å². The maximum absolute atomic E-state index is 8.10. The van der Waals surface area contributed by atoms with E-state index in [1.807, 2.05) is 30.5 Å². The maximum Gasteiger partial charge on any atom is 0.139 e. The van der Waals surface area contributed by atoms with Gasteiger partial charge in [0.1, 0.15) is 16.7 Å². The van der Waals surface area contributed by atoms with Crippen molar-refractivity contribution >= 4 is 57.1 Å². The molecule has 5 aromatic heterocycles. The van der Waals surface area contributed by atoms with Crippen molar-refractivity contribution in [3.63, 3.8) is 0 Å². The van der Waals surface area contributed by atoms with Crippen molar-refractivity contribution in [2.45, 2.75) is 47.0 Å². The first-order valence-electron chi connectivity index (χ1n) is 20.5. The zero-order chi connectivity index (χ0) is 42.2. The van der Waals surface area contributed by atoms with Gasteiger partial charge >= 0.3 is 0 Å². The number of aromatic nitrogens is 3. The molecule has 5 heterocycles. The molecule has 0 aliphatic carbocycles. The van der Waals surface area contributed by atoms with Crippen LogP contribution in [0.2, 0.25) is 19.6 Å². The standard InChI is InChI=1S/C26H19N2O2.C14H16NSi.Ir/c1-13-10-19(27-12-14(13)2)17-6-5-7-18-24-20(30-26(17)18)8-9-21-25(24)23-16(4)28-15(3)11-22(23)29-21;1-16(2,3)13-9-10-14(15-11-13)12-7-5-4-6-8-12;/h5,7-12H,1-4H3;4-7,9-11H,1-3H3;/q2*-1;/i1D3,2D3,3D3,4D3;;. The molecule has 7 heteroatoms. The Hall–Kier alpha value is -4.42. The van der Waals surface area contributed by atoms with Gasteiger partial charge in [0.05, 0.1) is 19.0 Å². The van der Waals surface area contributed by atoms with E-state index in [0.29, 0.717) is 21.7 Å². The maximum atomic E-state index is 8.10. The second-order valence-electron chi connectivity index (χ2n) is 11.9. The molecule has 0 spiro atoms. The second-order valence-corrected chi connectivity index (χ2v) is 17.0. The molecular weight excluding hydrogens is 775 g/mol. The van der Waals surface area contributed by atoms with E-state index < -0.39 is 52.4 Å². The molecule has 47 heavy (non-hydrogen) atoms. The van der Waals surface area contributed by atoms with Gasteiger partial charge in [-0.3, -0.25) is 4.98 Å². The molecule has 3 aromatic carbocycles. The van der Waals surface area contributed by atoms with Crippen LogP contribution in [0.1, 0.15) is 39.0 Å². The Morgan fingerprint density at radius 3 is 2.23 bits per heavy atom. The summed E-state index contributed by atoms with van der Waals surface area (Å²) in [4.78, 5) is 12.8. The summed E-state index contributed by atoms with van der Waals surface area (Å²) >= 11 is 0. The van der Waals surface area contributed by atoms with Crippen molar-refractivity contribution in [3.05, 3.63) is 120 Å². The first-order valence-corrected chi connectivity index (χ1v) is 18.0. The first-order chi connectivity index (χ1) is 26.9. The Morgan fingerprint density at radius 1 is 0.702 bits per heavy atom. The van der Waals surface area contributed by atoms with Crippen molar-refractivity contribution in [1.82, 2.24) is 15.0 Å². The van der Waals surface area contributed by atoms with E-state index in [-0.39, 0.29) is 59.1 Å². The van der Waals surface area contributed by atoms with Crippen molar-refractivity contribution in [3.8, 4) is 22.5 Å². The molecule has 237 valence electrons. The van der Waals surface area contributed by atoms with E-state index in [9.17, 15) is 0 Å². The number of hydrogen-bond donors (Lipinski definition) is 0. The summed E-state index contributed by atoms with van der Waals surface area (Å²) in [7, 11) is -1.23. The summed E-state index contributed by atoms with van der Waals surface area (Å²) in [6.45, 7) is -3.90. The number of hydrogen-bond acceptors (Lipinski definition) is 5. The SMILES string of the molecule is C[Si](C)(C)c1ccc(-c2[c-]cccc2)nc1.[2H]C([2H])([2H])c1cc2oc3ccc4oc5c(-c6cc(C([2H])([2H])[2H])c(C([2H])([2H])[2H])cn6)[c-]ccc5c4c3c2c(C([2H])([2H])[2H])n1.[Ir]. The van der Waals surface area contributed by atoms with Gasteiger partial charge in [-0.2, -0.15) is 0 Å². The van der Waals surface area contributed by atoms with E-state index >= 15 is 0 Å². The van der Waals surface area contributed by atoms with Crippen LogP contribution in [-0.2, 0) is 20.1 Å². The van der Waals surface area contributed by atoms with Crippen LogP contribution >= 0.6 is 0 Å². The molecule has 8 rings (SSSR count). The Morgan fingerprint density at radius 2 is 1.53 bits per heavy atom. The summed E-state index contributed by atoms with van der Waals surface area (Å²) < 4.78 is 107. The normalized spacial score (nSPS) is 16.4. The molecule has 0 saturated carbocycles. The van der Waals surface area contributed by atoms with Crippen LogP contribution in [0.25, 0.3) is 66.4 Å². The summed E-state index contributed by atoms with van der Waals surface area (Å²) in [5.74, 6) is 0. The van der Waals surface area contributed by atoms with E-state index in [4.69, 9.17) is 25.3 Å². The van der Waals surface area contributed by atoms with Crippen molar-refractivity contribution < 1.29 is 45.4 Å². The molecule has 0 amide bonds. The van der Waals surface area contributed by atoms with Gasteiger partial charge in [-0.15, -0.1) is 54.1 Å². The fourth-order valence-electron chi connectivity index (χ4n) is 5.44. The van der Waals surface area contributed by atoms with Gasteiger partial charge in [0.2, 0.25) is 0 Å². The molecule has 1 radical (unpaired) electrons. The molecule has 0 N–H and O–H groups in total. The molecule has 0 unspecified atom stereocenters. The number of rotatable bonds is 3. The van der Waals surface area contributed by atoms with E-state index in [1.165, 1.54) is 17.3 Å². The van der Waals surface area contributed by atoms with Gasteiger partial charge in [-0.1, -0.05) is 54.4 Å². The third-order valence-electron chi connectivity index (χ3n) is 7.79. The van der Waals surface area contributed by atoms with Crippen LogP contribution < -0.4 is 5.19 Å². The number of aryl methyl sites for hydroxylation is 4. The minimum absolute atomic E-state index is 0. The molecule has 0 aliphatic rings. The fraction of sp³-hybridized carbons (Fsp3) is 0.175. The van der Waals surface area contributed by atoms with Crippen molar-refractivity contribution in [1.29, 1.82) is 0 Å². The van der Waals surface area contributed by atoms with Crippen LogP contribution in [0.4, 0.5) is 0 Å². The van der Waals surface area contributed by atoms with Gasteiger partial charge < -0.3 is 18.8 Å². The zero-order valence-electron chi connectivity index (χ0n) is 37.6. The minimum Gasteiger partial charge on any atom is -0.501 e. The van der Waals surface area contributed by atoms with Gasteiger partial charge in [0.15, 0.2) is 0 Å². The van der Waals surface area contributed by atoms with Crippen LogP contribution in [-0.4, -0.2) is 23.0 Å². The molecule has 5 nitrogen and oxygen atoms in total. The molecule has 0 bridgehead atoms. The number of furan rings is 2. The van der Waals surface area contributed by atoms with Gasteiger partial charge in [-0.25, -0.2) is 0 Å². The molecule has 0 aliphatic heterocycles. The number of fused-ring (bicyclic) bond motifs is 7. The molecule has 0 fully saturated rings. The molecule has 0 atom stereocenters. The van der Waals surface area contributed by atoms with E-state index in [0.717, 1.165) is 17.5 Å². The second kappa shape index (κ2) is 12.6. The number of benzene rings is 3. The van der Waals surface area contributed by atoms with E-state index in [2.05, 4.69) is 58.9 Å². The fourth-order valence-corrected chi connectivity index (χ4v) is 6.48. The summed E-state index contributed by atoms with van der Waals surface area (Å²) in [6, 6.07) is 27.2. The Bertz CT molecular complexity index is 2820. The van der Waals surface area contributed by atoms with Gasteiger partial charge in [0, 0.05) is 77.2 Å². The van der Waals surface area contributed by atoms with Gasteiger partial charge in [0.25, 0.3) is 0 Å². The van der Waals surface area contributed by atoms with Crippen LogP contribution in [0, 0.1) is 39.5 Å². The van der Waals surface area contributed by atoms with Crippen LogP contribution in [0.3, 0.4) is 0 Å². The predicted molar refractivity (Wildman–Crippen MR) is 191 cm³/mol. The average molecular weight is 822 g/mol.